The van der Waals surface area contributed by atoms with Crippen molar-refractivity contribution in [1.29, 1.82) is 0 Å². The SMILES string of the molecule is CC(C)(C)N[C@](C)(Cc1ccccc1)C(=O)C(C)(C)C. The summed E-state index contributed by atoms with van der Waals surface area (Å²) in [6.07, 6.45) is 0.710. The second-order valence-electron chi connectivity index (χ2n) is 7.95. The van der Waals surface area contributed by atoms with E-state index in [0.29, 0.717) is 6.42 Å². The first kappa shape index (κ1) is 16.9. The average Bonchev–Trinajstić information content (AvgIpc) is 2.25. The summed E-state index contributed by atoms with van der Waals surface area (Å²) < 4.78 is 0. The second-order valence-corrected chi connectivity index (χ2v) is 7.95. The molecule has 0 spiro atoms. The van der Waals surface area contributed by atoms with Crippen LogP contribution in [-0.4, -0.2) is 16.9 Å². The molecule has 0 aliphatic carbocycles. The van der Waals surface area contributed by atoms with Gasteiger partial charge < -0.3 is 5.32 Å². The zero-order valence-electron chi connectivity index (χ0n) is 14.0. The van der Waals surface area contributed by atoms with Crippen LogP contribution in [0.3, 0.4) is 0 Å². The largest absolute Gasteiger partial charge is 0.300 e. The number of hydrogen-bond acceptors (Lipinski definition) is 2. The Hall–Kier alpha value is -1.15. The third-order valence-electron chi connectivity index (χ3n) is 3.23. The average molecular weight is 275 g/mol. The lowest BCUT2D eigenvalue weighted by Gasteiger charge is -2.40. The summed E-state index contributed by atoms with van der Waals surface area (Å²) in [6, 6.07) is 10.2. The number of nitrogens with one attached hydrogen (secondary N) is 1. The van der Waals surface area contributed by atoms with Crippen molar-refractivity contribution in [2.24, 2.45) is 5.41 Å². The fourth-order valence-electron chi connectivity index (χ4n) is 2.84. The number of ketones is 1. The zero-order chi connectivity index (χ0) is 15.6. The first-order valence-corrected chi connectivity index (χ1v) is 7.32. The molecule has 0 bridgehead atoms. The van der Waals surface area contributed by atoms with Gasteiger partial charge in [0.1, 0.15) is 0 Å². The summed E-state index contributed by atoms with van der Waals surface area (Å²) >= 11 is 0. The van der Waals surface area contributed by atoms with E-state index in [9.17, 15) is 4.79 Å². The number of hydrogen-bond donors (Lipinski definition) is 1. The Kier molecular flexibility index (Phi) is 4.81. The van der Waals surface area contributed by atoms with E-state index in [1.807, 2.05) is 45.9 Å². The van der Waals surface area contributed by atoms with Crippen LogP contribution < -0.4 is 5.32 Å². The lowest BCUT2D eigenvalue weighted by Crippen LogP contribution is -2.61. The monoisotopic (exact) mass is 275 g/mol. The summed E-state index contributed by atoms with van der Waals surface area (Å²) in [4.78, 5) is 12.9. The van der Waals surface area contributed by atoms with Gasteiger partial charge in [0.15, 0.2) is 5.78 Å². The van der Waals surface area contributed by atoms with Gasteiger partial charge >= 0.3 is 0 Å². The van der Waals surface area contributed by atoms with Gasteiger partial charge in [-0.15, -0.1) is 0 Å². The van der Waals surface area contributed by atoms with Crippen LogP contribution >= 0.6 is 0 Å². The maximum absolute atomic E-state index is 12.9. The van der Waals surface area contributed by atoms with Gasteiger partial charge in [0.2, 0.25) is 0 Å². The van der Waals surface area contributed by atoms with Crippen LogP contribution in [0.25, 0.3) is 0 Å². The van der Waals surface area contributed by atoms with E-state index in [-0.39, 0.29) is 16.7 Å². The molecule has 0 heterocycles. The molecular formula is C18H29NO. The van der Waals surface area contributed by atoms with Crippen molar-refractivity contribution in [2.45, 2.75) is 66.0 Å². The van der Waals surface area contributed by atoms with Gasteiger partial charge in [-0.2, -0.15) is 0 Å². The normalized spacial score (nSPS) is 15.8. The molecule has 20 heavy (non-hydrogen) atoms. The van der Waals surface area contributed by atoms with Crippen molar-refractivity contribution in [3.8, 4) is 0 Å². The maximum Gasteiger partial charge on any atom is 0.158 e. The van der Waals surface area contributed by atoms with Crippen molar-refractivity contribution < 1.29 is 4.79 Å². The Morgan fingerprint density at radius 2 is 1.45 bits per heavy atom. The Morgan fingerprint density at radius 1 is 0.950 bits per heavy atom. The Balaban J connectivity index is 3.11. The van der Waals surface area contributed by atoms with E-state index in [1.165, 1.54) is 5.56 Å². The molecule has 2 heteroatoms. The molecule has 0 saturated carbocycles. The third-order valence-corrected chi connectivity index (χ3v) is 3.23. The molecule has 2 nitrogen and oxygen atoms in total. The van der Waals surface area contributed by atoms with E-state index in [2.05, 4.69) is 38.2 Å². The minimum Gasteiger partial charge on any atom is -0.300 e. The molecule has 0 amide bonds. The van der Waals surface area contributed by atoms with Gasteiger partial charge in [-0.3, -0.25) is 4.79 Å². The fourth-order valence-corrected chi connectivity index (χ4v) is 2.84. The lowest BCUT2D eigenvalue weighted by atomic mass is 9.75. The number of benzene rings is 1. The van der Waals surface area contributed by atoms with Crippen LogP contribution in [0.5, 0.6) is 0 Å². The zero-order valence-corrected chi connectivity index (χ0v) is 14.0. The Labute approximate surface area is 124 Å². The molecule has 0 aromatic heterocycles. The van der Waals surface area contributed by atoms with E-state index in [0.717, 1.165) is 0 Å². The lowest BCUT2D eigenvalue weighted by molar-refractivity contribution is -0.133. The van der Waals surface area contributed by atoms with Gasteiger partial charge in [0, 0.05) is 11.0 Å². The minimum absolute atomic E-state index is 0.107. The van der Waals surface area contributed by atoms with Crippen molar-refractivity contribution in [1.82, 2.24) is 5.32 Å². The van der Waals surface area contributed by atoms with Crippen LogP contribution in [-0.2, 0) is 11.2 Å². The third kappa shape index (κ3) is 4.75. The smallest absolute Gasteiger partial charge is 0.158 e. The Bertz CT molecular complexity index is 451. The van der Waals surface area contributed by atoms with Gasteiger partial charge in [-0.05, 0) is 39.7 Å². The molecule has 0 fully saturated rings. The molecule has 1 aromatic rings. The second kappa shape index (κ2) is 5.69. The number of carbonyl (C=O) groups excluding carboxylic acids is 1. The fraction of sp³-hybridized carbons (Fsp3) is 0.611. The van der Waals surface area contributed by atoms with Crippen LogP contribution in [0.2, 0.25) is 0 Å². The number of rotatable bonds is 4. The van der Waals surface area contributed by atoms with Gasteiger partial charge in [-0.1, -0.05) is 51.1 Å². The van der Waals surface area contributed by atoms with E-state index < -0.39 is 5.54 Å². The van der Waals surface area contributed by atoms with Gasteiger partial charge in [0.25, 0.3) is 0 Å². The summed E-state index contributed by atoms with van der Waals surface area (Å²) in [6.45, 7) is 14.3. The van der Waals surface area contributed by atoms with E-state index in [1.54, 1.807) is 0 Å². The molecule has 0 unspecified atom stereocenters. The van der Waals surface area contributed by atoms with Crippen LogP contribution in [0, 0.1) is 5.41 Å². The number of Topliss-reactive ketones (excluding diaryl/α,β-unsaturated/α-hetero) is 1. The highest BCUT2D eigenvalue weighted by molar-refractivity contribution is 5.92. The molecule has 1 N–H and O–H groups in total. The van der Waals surface area contributed by atoms with Crippen molar-refractivity contribution >= 4 is 5.78 Å². The van der Waals surface area contributed by atoms with Crippen LogP contribution in [0.15, 0.2) is 30.3 Å². The quantitative estimate of drug-likeness (QED) is 0.900. The van der Waals surface area contributed by atoms with Crippen molar-refractivity contribution in [2.75, 3.05) is 0 Å². The molecule has 1 rings (SSSR count). The molecule has 112 valence electrons. The van der Waals surface area contributed by atoms with Gasteiger partial charge in [0.05, 0.1) is 5.54 Å². The van der Waals surface area contributed by atoms with Crippen molar-refractivity contribution in [3.63, 3.8) is 0 Å². The highest BCUT2D eigenvalue weighted by Gasteiger charge is 2.41. The minimum atomic E-state index is -0.558. The van der Waals surface area contributed by atoms with E-state index >= 15 is 0 Å². The summed E-state index contributed by atoms with van der Waals surface area (Å²) in [7, 11) is 0. The predicted octanol–water partition coefficient (Wildman–Crippen LogP) is 3.99. The first-order chi connectivity index (χ1) is 8.94. The molecule has 0 saturated heterocycles. The number of carbonyl (C=O) groups is 1. The summed E-state index contributed by atoms with van der Waals surface area (Å²) in [5.74, 6) is 0.253. The first-order valence-electron chi connectivity index (χ1n) is 7.32. The molecule has 1 atom stereocenters. The van der Waals surface area contributed by atoms with Gasteiger partial charge in [-0.25, -0.2) is 0 Å². The predicted molar refractivity (Wildman–Crippen MR) is 85.9 cm³/mol. The van der Waals surface area contributed by atoms with Crippen LogP contribution in [0.4, 0.5) is 0 Å². The topological polar surface area (TPSA) is 29.1 Å². The molecule has 0 aliphatic rings. The van der Waals surface area contributed by atoms with Crippen molar-refractivity contribution in [3.05, 3.63) is 35.9 Å². The standard InChI is InChI=1S/C18H29NO/c1-16(2,3)15(20)18(7,19-17(4,5)6)13-14-11-9-8-10-12-14/h8-12,19H,13H2,1-7H3/t18-/m1/s1. The van der Waals surface area contributed by atoms with Crippen LogP contribution in [0.1, 0.15) is 54.0 Å². The maximum atomic E-state index is 12.9. The highest BCUT2D eigenvalue weighted by Crippen LogP contribution is 2.28. The molecule has 0 radical (unpaired) electrons. The molecule has 1 aromatic carbocycles. The molecular weight excluding hydrogens is 246 g/mol. The summed E-state index contributed by atoms with van der Waals surface area (Å²) in [5, 5.41) is 3.54. The molecule has 0 aliphatic heterocycles. The summed E-state index contributed by atoms with van der Waals surface area (Å²) in [5.41, 5.74) is 0.161. The Morgan fingerprint density at radius 3 is 1.85 bits per heavy atom. The highest BCUT2D eigenvalue weighted by atomic mass is 16.1. The van der Waals surface area contributed by atoms with E-state index in [4.69, 9.17) is 0 Å².